The molecule has 0 radical (unpaired) electrons. The maximum absolute atomic E-state index is 12.2. The number of ether oxygens (including phenoxy) is 2. The molecule has 0 fully saturated rings. The summed E-state index contributed by atoms with van der Waals surface area (Å²) in [6.45, 7) is 4.55. The van der Waals surface area contributed by atoms with Crippen molar-refractivity contribution in [1.82, 2.24) is 5.32 Å². The number of rotatable bonds is 6. The van der Waals surface area contributed by atoms with E-state index in [1.165, 1.54) is 0 Å². The van der Waals surface area contributed by atoms with Gasteiger partial charge in [-0.2, -0.15) is 0 Å². The van der Waals surface area contributed by atoms with Gasteiger partial charge in [0.2, 0.25) is 0 Å². The lowest BCUT2D eigenvalue weighted by Crippen LogP contribution is -2.33. The number of hydrogen-bond donors (Lipinski definition) is 1. The second-order valence-corrected chi connectivity index (χ2v) is 3.71. The molecule has 1 aromatic rings. The van der Waals surface area contributed by atoms with Gasteiger partial charge in [0.05, 0.1) is 25.8 Å². The Morgan fingerprint density at radius 3 is 2.59 bits per heavy atom. The van der Waals surface area contributed by atoms with Gasteiger partial charge in [-0.05, 0) is 31.7 Å². The Hall–Kier alpha value is -1.55. The highest BCUT2D eigenvalue weighted by Crippen LogP contribution is 2.25. The third-order valence-corrected chi connectivity index (χ3v) is 2.58. The number of methoxy groups -OCH3 is 2. The lowest BCUT2D eigenvalue weighted by Gasteiger charge is -2.14. The van der Waals surface area contributed by atoms with E-state index in [2.05, 4.69) is 5.32 Å². The largest absolute Gasteiger partial charge is 0.497 e. The highest BCUT2D eigenvalue weighted by Gasteiger charge is 2.18. The summed E-state index contributed by atoms with van der Waals surface area (Å²) in [5, 5.41) is 3.09. The van der Waals surface area contributed by atoms with Crippen molar-refractivity contribution in [3.63, 3.8) is 0 Å². The Labute approximate surface area is 102 Å². The number of benzene rings is 1. The molecule has 0 spiro atoms. The van der Waals surface area contributed by atoms with Crippen molar-refractivity contribution in [1.29, 1.82) is 0 Å². The summed E-state index contributed by atoms with van der Waals surface area (Å²) >= 11 is 0. The molecule has 4 heteroatoms. The summed E-state index contributed by atoms with van der Waals surface area (Å²) in [5.74, 6) is 1.22. The van der Waals surface area contributed by atoms with Gasteiger partial charge in [-0.15, -0.1) is 0 Å². The third-order valence-electron chi connectivity index (χ3n) is 2.58. The number of hydrogen-bond acceptors (Lipinski definition) is 4. The van der Waals surface area contributed by atoms with Crippen LogP contribution in [0, 0.1) is 0 Å². The zero-order valence-electron chi connectivity index (χ0n) is 10.7. The standard InChI is InChI=1S/C13H19NO3/c1-5-14-9(2)13(15)11-8-10(16-3)6-7-12(11)17-4/h6-9,14H,5H2,1-4H3. The molecule has 94 valence electrons. The fraction of sp³-hybridized carbons (Fsp3) is 0.462. The molecule has 0 bridgehead atoms. The Kier molecular flexibility index (Phi) is 4.97. The van der Waals surface area contributed by atoms with E-state index in [0.717, 1.165) is 6.54 Å². The normalized spacial score (nSPS) is 12.0. The van der Waals surface area contributed by atoms with Crippen LogP contribution in [0.1, 0.15) is 24.2 Å². The minimum Gasteiger partial charge on any atom is -0.497 e. The molecule has 0 saturated heterocycles. The van der Waals surface area contributed by atoms with Crippen LogP contribution in [0.4, 0.5) is 0 Å². The maximum Gasteiger partial charge on any atom is 0.183 e. The third kappa shape index (κ3) is 3.20. The number of ketones is 1. The van der Waals surface area contributed by atoms with E-state index in [0.29, 0.717) is 17.1 Å². The molecule has 17 heavy (non-hydrogen) atoms. The zero-order valence-corrected chi connectivity index (χ0v) is 10.7. The average molecular weight is 237 g/mol. The van der Waals surface area contributed by atoms with Gasteiger partial charge in [-0.3, -0.25) is 4.79 Å². The highest BCUT2D eigenvalue weighted by molar-refractivity contribution is 6.02. The first-order valence-corrected chi connectivity index (χ1v) is 5.63. The first-order valence-electron chi connectivity index (χ1n) is 5.63. The van der Waals surface area contributed by atoms with Crippen LogP contribution in [0.15, 0.2) is 18.2 Å². The summed E-state index contributed by atoms with van der Waals surface area (Å²) in [6.07, 6.45) is 0. The van der Waals surface area contributed by atoms with Gasteiger partial charge in [0.15, 0.2) is 5.78 Å². The maximum atomic E-state index is 12.2. The van der Waals surface area contributed by atoms with E-state index in [1.807, 2.05) is 13.8 Å². The second-order valence-electron chi connectivity index (χ2n) is 3.71. The van der Waals surface area contributed by atoms with Crippen molar-refractivity contribution in [3.8, 4) is 11.5 Å². The number of carbonyl (C=O) groups excluding carboxylic acids is 1. The lowest BCUT2D eigenvalue weighted by atomic mass is 10.0. The van der Waals surface area contributed by atoms with Crippen molar-refractivity contribution in [3.05, 3.63) is 23.8 Å². The van der Waals surface area contributed by atoms with E-state index in [4.69, 9.17) is 9.47 Å². The van der Waals surface area contributed by atoms with Crippen molar-refractivity contribution >= 4 is 5.78 Å². The molecule has 0 amide bonds. The molecule has 1 rings (SSSR count). The Bertz CT molecular complexity index is 390. The van der Waals surface area contributed by atoms with Crippen molar-refractivity contribution in [2.45, 2.75) is 19.9 Å². The van der Waals surface area contributed by atoms with E-state index in [9.17, 15) is 4.79 Å². The summed E-state index contributed by atoms with van der Waals surface area (Å²) in [6, 6.07) is 4.98. The number of nitrogens with one attached hydrogen (secondary N) is 1. The highest BCUT2D eigenvalue weighted by atomic mass is 16.5. The monoisotopic (exact) mass is 237 g/mol. The minimum atomic E-state index is -0.235. The van der Waals surface area contributed by atoms with Gasteiger partial charge in [0.25, 0.3) is 0 Å². The van der Waals surface area contributed by atoms with Crippen LogP contribution < -0.4 is 14.8 Å². The summed E-state index contributed by atoms with van der Waals surface area (Å²) in [4.78, 5) is 12.2. The average Bonchev–Trinajstić information content (AvgIpc) is 2.37. The first-order chi connectivity index (χ1) is 8.13. The number of Topliss-reactive ketones (excluding diaryl/α,β-unsaturated/α-hetero) is 1. The fourth-order valence-corrected chi connectivity index (χ4v) is 1.64. The number of likely N-dealkylation sites (N-methyl/N-ethyl adjacent to an activating group) is 1. The van der Waals surface area contributed by atoms with Crippen LogP contribution in [-0.2, 0) is 0 Å². The quantitative estimate of drug-likeness (QED) is 0.767. The SMILES string of the molecule is CCNC(C)C(=O)c1cc(OC)ccc1OC. The first kappa shape index (κ1) is 13.5. The molecule has 0 aliphatic heterocycles. The molecule has 1 atom stereocenters. The molecule has 0 aliphatic rings. The van der Waals surface area contributed by atoms with Gasteiger partial charge < -0.3 is 14.8 Å². The molecule has 0 saturated carbocycles. The topological polar surface area (TPSA) is 47.6 Å². The molecule has 1 N–H and O–H groups in total. The van der Waals surface area contributed by atoms with Crippen molar-refractivity contribution in [2.75, 3.05) is 20.8 Å². The van der Waals surface area contributed by atoms with Gasteiger partial charge in [-0.25, -0.2) is 0 Å². The van der Waals surface area contributed by atoms with Crippen LogP contribution in [0.5, 0.6) is 11.5 Å². The van der Waals surface area contributed by atoms with Crippen LogP contribution in [0.3, 0.4) is 0 Å². The molecule has 0 heterocycles. The van der Waals surface area contributed by atoms with Gasteiger partial charge in [0.1, 0.15) is 11.5 Å². The van der Waals surface area contributed by atoms with Gasteiger partial charge in [-0.1, -0.05) is 6.92 Å². The molecule has 0 aromatic heterocycles. The smallest absolute Gasteiger partial charge is 0.183 e. The Balaban J connectivity index is 3.05. The molecular formula is C13H19NO3. The summed E-state index contributed by atoms with van der Waals surface area (Å²) in [5.41, 5.74) is 0.542. The zero-order chi connectivity index (χ0) is 12.8. The van der Waals surface area contributed by atoms with Crippen molar-refractivity contribution in [2.24, 2.45) is 0 Å². The Morgan fingerprint density at radius 1 is 1.35 bits per heavy atom. The minimum absolute atomic E-state index is 0.00241. The van der Waals surface area contributed by atoms with Crippen LogP contribution >= 0.6 is 0 Å². The predicted octanol–water partition coefficient (Wildman–Crippen LogP) is 1.88. The molecule has 1 aromatic carbocycles. The van der Waals surface area contributed by atoms with Gasteiger partial charge in [0, 0.05) is 0 Å². The predicted molar refractivity (Wildman–Crippen MR) is 67.0 cm³/mol. The van der Waals surface area contributed by atoms with Crippen LogP contribution in [0.25, 0.3) is 0 Å². The van der Waals surface area contributed by atoms with Crippen molar-refractivity contribution < 1.29 is 14.3 Å². The molecule has 4 nitrogen and oxygen atoms in total. The van der Waals surface area contributed by atoms with E-state index in [-0.39, 0.29) is 11.8 Å². The molecule has 1 unspecified atom stereocenters. The van der Waals surface area contributed by atoms with E-state index < -0.39 is 0 Å². The summed E-state index contributed by atoms with van der Waals surface area (Å²) in [7, 11) is 3.13. The molecule has 0 aliphatic carbocycles. The van der Waals surface area contributed by atoms with Crippen LogP contribution in [-0.4, -0.2) is 32.6 Å². The molecular weight excluding hydrogens is 218 g/mol. The van der Waals surface area contributed by atoms with E-state index in [1.54, 1.807) is 32.4 Å². The number of carbonyl (C=O) groups is 1. The van der Waals surface area contributed by atoms with Gasteiger partial charge >= 0.3 is 0 Å². The lowest BCUT2D eigenvalue weighted by molar-refractivity contribution is 0.0948. The fourth-order valence-electron chi connectivity index (χ4n) is 1.64. The summed E-state index contributed by atoms with van der Waals surface area (Å²) < 4.78 is 10.3. The second kappa shape index (κ2) is 6.25. The van der Waals surface area contributed by atoms with E-state index >= 15 is 0 Å². The van der Waals surface area contributed by atoms with Crippen LogP contribution in [0.2, 0.25) is 0 Å². The Morgan fingerprint density at radius 2 is 2.06 bits per heavy atom.